The lowest BCUT2D eigenvalue weighted by molar-refractivity contribution is 0.623. The van der Waals surface area contributed by atoms with Gasteiger partial charge in [0.15, 0.2) is 23.1 Å². The minimum atomic E-state index is -0.0852. The summed E-state index contributed by atoms with van der Waals surface area (Å²) < 4.78 is 6.55. The van der Waals surface area contributed by atoms with Crippen LogP contribution in [0.4, 0.5) is 0 Å². The Bertz CT molecular complexity index is 2820. The maximum absolute atomic E-state index is 6.55. The van der Waals surface area contributed by atoms with Crippen LogP contribution in [0.3, 0.4) is 0 Å². The predicted molar refractivity (Wildman–Crippen MR) is 210 cm³/mol. The maximum Gasteiger partial charge on any atom is 0.227 e. The molecule has 0 aliphatic heterocycles. The van der Waals surface area contributed by atoms with Crippen LogP contribution in [0.2, 0.25) is 0 Å². The molecule has 52 heavy (non-hydrogen) atoms. The van der Waals surface area contributed by atoms with E-state index in [9.17, 15) is 0 Å². The molecule has 0 saturated carbocycles. The molecule has 7 aromatic carbocycles. The van der Waals surface area contributed by atoms with Crippen molar-refractivity contribution in [2.24, 2.45) is 0 Å². The molecule has 10 rings (SSSR count). The van der Waals surface area contributed by atoms with Crippen molar-refractivity contribution in [2.45, 2.75) is 19.3 Å². The molecule has 0 unspecified atom stereocenters. The van der Waals surface area contributed by atoms with Crippen molar-refractivity contribution in [1.29, 1.82) is 0 Å². The molecule has 1 aliphatic rings. The van der Waals surface area contributed by atoms with Gasteiger partial charge in [0.05, 0.1) is 0 Å². The lowest BCUT2D eigenvalue weighted by Crippen LogP contribution is -2.14. The molecule has 1 aliphatic carbocycles. The van der Waals surface area contributed by atoms with E-state index in [0.29, 0.717) is 23.4 Å². The summed E-state index contributed by atoms with van der Waals surface area (Å²) in [6, 6.07) is 54.4. The van der Waals surface area contributed by atoms with Gasteiger partial charge >= 0.3 is 0 Å². The number of rotatable bonds is 5. The van der Waals surface area contributed by atoms with Gasteiger partial charge in [-0.1, -0.05) is 147 Å². The molecule has 0 bridgehead atoms. The van der Waals surface area contributed by atoms with Crippen molar-refractivity contribution in [2.75, 3.05) is 0 Å². The zero-order chi connectivity index (χ0) is 34.8. The Morgan fingerprint density at radius 1 is 0.423 bits per heavy atom. The molecule has 0 saturated heterocycles. The Hall–Kier alpha value is -6.72. The standard InChI is InChI=1S/C47H32N4O/c1-47(2)38-23-12-11-20-34(38)37-28-32(24-26-39(37)47)44-49-43(30-14-5-3-6-15-30)50-45(51-44)36-21-10-9-19-33(36)35-22-13-18-29-25-27-40-42(41(29)35)52-46(48-40)31-16-7-4-8-17-31/h3-28H,1-2H3. The van der Waals surface area contributed by atoms with Crippen LogP contribution in [0.15, 0.2) is 162 Å². The zero-order valence-electron chi connectivity index (χ0n) is 28.7. The van der Waals surface area contributed by atoms with Crippen LogP contribution in [0.5, 0.6) is 0 Å². The number of benzene rings is 7. The van der Waals surface area contributed by atoms with Gasteiger partial charge in [-0.15, -0.1) is 0 Å². The van der Waals surface area contributed by atoms with Crippen LogP contribution < -0.4 is 0 Å². The molecule has 2 heterocycles. The van der Waals surface area contributed by atoms with E-state index < -0.39 is 0 Å². The summed E-state index contributed by atoms with van der Waals surface area (Å²) >= 11 is 0. The first-order valence-corrected chi connectivity index (χ1v) is 17.6. The molecule has 9 aromatic rings. The second kappa shape index (κ2) is 11.7. The molecule has 0 spiro atoms. The van der Waals surface area contributed by atoms with Crippen LogP contribution in [0.25, 0.3) is 89.7 Å². The molecule has 246 valence electrons. The summed E-state index contributed by atoms with van der Waals surface area (Å²) in [5, 5.41) is 2.07. The highest BCUT2D eigenvalue weighted by atomic mass is 16.3. The van der Waals surface area contributed by atoms with E-state index in [2.05, 4.69) is 98.8 Å². The third kappa shape index (κ3) is 4.78. The molecule has 0 amide bonds. The Balaban J connectivity index is 1.18. The summed E-state index contributed by atoms with van der Waals surface area (Å²) in [7, 11) is 0. The Morgan fingerprint density at radius 3 is 1.83 bits per heavy atom. The fourth-order valence-electron chi connectivity index (χ4n) is 7.80. The van der Waals surface area contributed by atoms with Crippen LogP contribution in [-0.2, 0) is 5.41 Å². The minimum Gasteiger partial charge on any atom is -0.435 e. The summed E-state index contributed by atoms with van der Waals surface area (Å²) in [6.45, 7) is 4.59. The number of aromatic nitrogens is 4. The first kappa shape index (κ1) is 30.1. The fourth-order valence-corrected chi connectivity index (χ4v) is 7.80. The van der Waals surface area contributed by atoms with Gasteiger partial charge in [0.1, 0.15) is 5.52 Å². The van der Waals surface area contributed by atoms with E-state index in [0.717, 1.165) is 55.3 Å². The minimum absolute atomic E-state index is 0.0852. The van der Waals surface area contributed by atoms with E-state index in [4.69, 9.17) is 24.4 Å². The van der Waals surface area contributed by atoms with Crippen molar-refractivity contribution in [3.63, 3.8) is 0 Å². The molecular formula is C47H32N4O. The molecular weight excluding hydrogens is 637 g/mol. The van der Waals surface area contributed by atoms with Crippen molar-refractivity contribution in [3.8, 4) is 67.9 Å². The predicted octanol–water partition coefficient (Wildman–Crippen LogP) is 11.8. The van der Waals surface area contributed by atoms with Crippen LogP contribution in [0.1, 0.15) is 25.0 Å². The highest BCUT2D eigenvalue weighted by Gasteiger charge is 2.35. The maximum atomic E-state index is 6.55. The lowest BCUT2D eigenvalue weighted by Gasteiger charge is -2.21. The average Bonchev–Trinajstić information content (AvgIpc) is 3.75. The lowest BCUT2D eigenvalue weighted by atomic mass is 9.82. The number of nitrogens with zero attached hydrogens (tertiary/aromatic N) is 4. The van der Waals surface area contributed by atoms with Gasteiger partial charge in [0.25, 0.3) is 0 Å². The highest BCUT2D eigenvalue weighted by Crippen LogP contribution is 2.49. The number of hydrogen-bond acceptors (Lipinski definition) is 5. The molecule has 0 N–H and O–H groups in total. The van der Waals surface area contributed by atoms with Crippen LogP contribution >= 0.6 is 0 Å². The topological polar surface area (TPSA) is 64.7 Å². The van der Waals surface area contributed by atoms with Crippen LogP contribution in [-0.4, -0.2) is 19.9 Å². The molecule has 5 nitrogen and oxygen atoms in total. The Labute approximate surface area is 301 Å². The van der Waals surface area contributed by atoms with E-state index in [1.54, 1.807) is 0 Å². The third-order valence-corrected chi connectivity index (χ3v) is 10.4. The van der Waals surface area contributed by atoms with E-state index >= 15 is 0 Å². The van der Waals surface area contributed by atoms with Gasteiger partial charge in [-0.05, 0) is 63.0 Å². The zero-order valence-corrected chi connectivity index (χ0v) is 28.7. The van der Waals surface area contributed by atoms with Crippen molar-refractivity contribution in [1.82, 2.24) is 19.9 Å². The summed E-state index contributed by atoms with van der Waals surface area (Å²) in [5.74, 6) is 2.46. The smallest absolute Gasteiger partial charge is 0.227 e. The van der Waals surface area contributed by atoms with Gasteiger partial charge in [0.2, 0.25) is 5.89 Å². The molecule has 2 aromatic heterocycles. The first-order chi connectivity index (χ1) is 25.5. The van der Waals surface area contributed by atoms with E-state index in [1.165, 1.54) is 22.3 Å². The second-order valence-corrected chi connectivity index (χ2v) is 13.9. The monoisotopic (exact) mass is 668 g/mol. The summed E-state index contributed by atoms with van der Waals surface area (Å²) in [6.07, 6.45) is 0. The number of oxazole rings is 1. The SMILES string of the molecule is CC1(C)c2ccccc2-c2cc(-c3nc(-c4ccccc4)nc(-c4ccccc4-c4cccc5ccc6nc(-c7ccccc7)oc6c45)n3)ccc21. The van der Waals surface area contributed by atoms with E-state index in [-0.39, 0.29) is 5.41 Å². The van der Waals surface area contributed by atoms with Gasteiger partial charge in [-0.25, -0.2) is 19.9 Å². The van der Waals surface area contributed by atoms with Gasteiger partial charge < -0.3 is 4.42 Å². The second-order valence-electron chi connectivity index (χ2n) is 13.9. The molecule has 0 fully saturated rings. The van der Waals surface area contributed by atoms with Gasteiger partial charge in [-0.3, -0.25) is 0 Å². The molecule has 0 radical (unpaired) electrons. The Morgan fingerprint density at radius 2 is 1.04 bits per heavy atom. The normalized spacial score (nSPS) is 13.0. The largest absolute Gasteiger partial charge is 0.435 e. The third-order valence-electron chi connectivity index (χ3n) is 10.4. The highest BCUT2D eigenvalue weighted by molar-refractivity contribution is 6.12. The number of hydrogen-bond donors (Lipinski definition) is 0. The molecule has 5 heteroatoms. The van der Waals surface area contributed by atoms with Crippen LogP contribution in [0, 0.1) is 0 Å². The Kier molecular flexibility index (Phi) is 6.77. The summed E-state index contributed by atoms with van der Waals surface area (Å²) in [5.41, 5.74) is 12.4. The quantitative estimate of drug-likeness (QED) is 0.183. The number of fused-ring (bicyclic) bond motifs is 6. The van der Waals surface area contributed by atoms with Crippen molar-refractivity contribution in [3.05, 3.63) is 169 Å². The summed E-state index contributed by atoms with van der Waals surface area (Å²) in [4.78, 5) is 20.4. The van der Waals surface area contributed by atoms with Crippen molar-refractivity contribution >= 4 is 21.9 Å². The average molecular weight is 669 g/mol. The fraction of sp³-hybridized carbons (Fsp3) is 0.0638. The van der Waals surface area contributed by atoms with Crippen molar-refractivity contribution < 1.29 is 4.42 Å². The van der Waals surface area contributed by atoms with E-state index in [1.807, 2.05) is 72.8 Å². The van der Waals surface area contributed by atoms with Gasteiger partial charge in [-0.2, -0.15) is 0 Å². The molecule has 0 atom stereocenters. The first-order valence-electron chi connectivity index (χ1n) is 17.6. The van der Waals surface area contributed by atoms with Gasteiger partial charge in [0, 0.05) is 33.1 Å².